The van der Waals surface area contributed by atoms with E-state index in [1.54, 1.807) is 19.1 Å². The largest absolute Gasteiger partial charge is 0.444 e. The van der Waals surface area contributed by atoms with Crippen LogP contribution in [0.1, 0.15) is 67.4 Å². The molecule has 0 saturated carbocycles. The van der Waals surface area contributed by atoms with Gasteiger partial charge in [-0.3, -0.25) is 0 Å². The van der Waals surface area contributed by atoms with Crippen molar-refractivity contribution in [1.29, 1.82) is 0 Å². The van der Waals surface area contributed by atoms with E-state index in [1.807, 2.05) is 78.8 Å². The van der Waals surface area contributed by atoms with E-state index in [2.05, 4.69) is 11.7 Å². The second kappa shape index (κ2) is 19.9. The molecule has 1 aromatic rings. The first-order valence-corrected chi connectivity index (χ1v) is 9.98. The summed E-state index contributed by atoms with van der Waals surface area (Å²) in [6, 6.07) is 9.98. The first-order chi connectivity index (χ1) is 13.1. The molecule has 0 unspecified atom stereocenters. The lowest BCUT2D eigenvalue weighted by molar-refractivity contribution is -0.110. The number of benzene rings is 1. The number of hydrogen-bond donors (Lipinski definition) is 0. The van der Waals surface area contributed by atoms with Gasteiger partial charge in [0.15, 0.2) is 0 Å². The van der Waals surface area contributed by atoms with Crippen LogP contribution in [0.25, 0.3) is 0 Å². The zero-order chi connectivity index (χ0) is 22.6. The number of ether oxygens (including phenoxy) is 2. The van der Waals surface area contributed by atoms with Gasteiger partial charge in [-0.15, -0.1) is 0 Å². The van der Waals surface area contributed by atoms with Gasteiger partial charge in [0.1, 0.15) is 11.9 Å². The van der Waals surface area contributed by atoms with Crippen LogP contribution in [0.15, 0.2) is 30.3 Å². The van der Waals surface area contributed by atoms with Crippen molar-refractivity contribution in [1.82, 2.24) is 4.90 Å². The molecule has 1 aromatic carbocycles. The molecule has 0 heterocycles. The Morgan fingerprint density at radius 2 is 1.54 bits per heavy atom. The zero-order valence-corrected chi connectivity index (χ0v) is 19.7. The minimum atomic E-state index is -0.445. The molecule has 164 valence electrons. The maximum absolute atomic E-state index is 12.1. The fourth-order valence-electron chi connectivity index (χ4n) is 1.64. The molecule has 0 aliphatic carbocycles. The monoisotopic (exact) mass is 397 g/mol. The third kappa shape index (κ3) is 22.2. The fraction of sp³-hybridized carbons (Fsp3) is 0.652. The van der Waals surface area contributed by atoms with Crippen molar-refractivity contribution in [2.24, 2.45) is 5.92 Å². The summed E-state index contributed by atoms with van der Waals surface area (Å²) in [5.41, 5.74) is 0.677. The Labute approximate surface area is 173 Å². The van der Waals surface area contributed by atoms with Gasteiger partial charge in [0.05, 0.1) is 0 Å². The number of amides is 1. The van der Waals surface area contributed by atoms with Crippen molar-refractivity contribution < 1.29 is 19.1 Å². The average molecular weight is 398 g/mol. The number of carbonyl (C=O) groups excluding carboxylic acids is 2. The van der Waals surface area contributed by atoms with Gasteiger partial charge in [0, 0.05) is 33.2 Å². The quantitative estimate of drug-likeness (QED) is 0.575. The molecule has 0 saturated heterocycles. The third-order valence-corrected chi connectivity index (χ3v) is 2.63. The average Bonchev–Trinajstić information content (AvgIpc) is 2.63. The third-order valence-electron chi connectivity index (χ3n) is 2.63. The van der Waals surface area contributed by atoms with Crippen LogP contribution in [0.3, 0.4) is 0 Å². The molecule has 0 aromatic heterocycles. The van der Waals surface area contributed by atoms with Gasteiger partial charge in [-0.1, -0.05) is 65.0 Å². The van der Waals surface area contributed by atoms with Crippen LogP contribution in [0, 0.1) is 5.92 Å². The number of methoxy groups -OCH3 is 1. The SMILES string of the molecule is CC.CC(C)C=O.CCCN(Cc1ccccc1)C(=O)OC(C)(C)C.COC. The van der Waals surface area contributed by atoms with E-state index in [-0.39, 0.29) is 12.0 Å². The van der Waals surface area contributed by atoms with Gasteiger partial charge in [0.25, 0.3) is 0 Å². The standard InChI is InChI=1S/C15H23NO2.C4H8O.C2H6O.C2H6/c1-5-11-16(14(17)18-15(2,3)4)12-13-9-7-6-8-10-13;1-4(2)3-5;1-3-2;1-2/h6-10H,5,11-12H2,1-4H3;3-4H,1-2H3;1-2H3;1-2H3. The predicted octanol–water partition coefficient (Wildman–Crippen LogP) is 5.96. The second-order valence-electron chi connectivity index (χ2n) is 7.18. The highest BCUT2D eigenvalue weighted by Crippen LogP contribution is 2.13. The Morgan fingerprint density at radius 3 is 1.86 bits per heavy atom. The van der Waals surface area contributed by atoms with E-state index in [0.29, 0.717) is 13.1 Å². The van der Waals surface area contributed by atoms with E-state index < -0.39 is 5.60 Å². The summed E-state index contributed by atoms with van der Waals surface area (Å²) in [6.45, 7) is 16.7. The van der Waals surface area contributed by atoms with Gasteiger partial charge < -0.3 is 19.2 Å². The van der Waals surface area contributed by atoms with Crippen molar-refractivity contribution in [3.05, 3.63) is 35.9 Å². The second-order valence-corrected chi connectivity index (χ2v) is 7.18. The van der Waals surface area contributed by atoms with E-state index in [0.717, 1.165) is 18.3 Å². The maximum Gasteiger partial charge on any atom is 0.410 e. The minimum Gasteiger partial charge on any atom is -0.444 e. The number of hydrogen-bond acceptors (Lipinski definition) is 4. The van der Waals surface area contributed by atoms with E-state index in [1.165, 1.54) is 0 Å². The molecule has 1 rings (SSSR count). The Morgan fingerprint density at radius 1 is 1.11 bits per heavy atom. The number of rotatable bonds is 5. The highest BCUT2D eigenvalue weighted by molar-refractivity contribution is 5.68. The Bertz CT molecular complexity index is 467. The molecular weight excluding hydrogens is 354 g/mol. The molecule has 0 bridgehead atoms. The molecule has 5 heteroatoms. The minimum absolute atomic E-state index is 0.204. The number of nitrogens with zero attached hydrogens (tertiary/aromatic N) is 1. The van der Waals surface area contributed by atoms with Gasteiger partial charge in [-0.2, -0.15) is 0 Å². The lowest BCUT2D eigenvalue weighted by atomic mass is 10.2. The predicted molar refractivity (Wildman–Crippen MR) is 119 cm³/mol. The van der Waals surface area contributed by atoms with Crippen molar-refractivity contribution in [2.75, 3.05) is 20.8 Å². The summed E-state index contributed by atoms with van der Waals surface area (Å²) in [7, 11) is 3.25. The van der Waals surface area contributed by atoms with E-state index in [9.17, 15) is 9.59 Å². The summed E-state index contributed by atoms with van der Waals surface area (Å²) < 4.78 is 9.66. The Balaban J connectivity index is -0.000000523. The molecule has 5 nitrogen and oxygen atoms in total. The van der Waals surface area contributed by atoms with Crippen molar-refractivity contribution in [3.63, 3.8) is 0 Å². The number of aldehydes is 1. The van der Waals surface area contributed by atoms with Gasteiger partial charge >= 0.3 is 6.09 Å². The molecule has 0 radical (unpaired) electrons. The Kier molecular flexibility index (Phi) is 21.9. The molecule has 0 atom stereocenters. The Hall–Kier alpha value is -1.88. The summed E-state index contributed by atoms with van der Waals surface area (Å²) in [5, 5.41) is 0. The summed E-state index contributed by atoms with van der Waals surface area (Å²) in [6.07, 6.45) is 1.60. The fourth-order valence-corrected chi connectivity index (χ4v) is 1.64. The van der Waals surface area contributed by atoms with Crippen LogP contribution in [0.4, 0.5) is 4.79 Å². The van der Waals surface area contributed by atoms with Gasteiger partial charge in [-0.05, 0) is 32.8 Å². The van der Waals surface area contributed by atoms with Crippen LogP contribution >= 0.6 is 0 Å². The molecule has 1 amide bonds. The van der Waals surface area contributed by atoms with Gasteiger partial charge in [-0.25, -0.2) is 4.79 Å². The van der Waals surface area contributed by atoms with E-state index >= 15 is 0 Å². The smallest absolute Gasteiger partial charge is 0.410 e. The van der Waals surface area contributed by atoms with Crippen molar-refractivity contribution in [3.8, 4) is 0 Å². The molecule has 0 fully saturated rings. The van der Waals surface area contributed by atoms with Crippen LogP contribution in [0.2, 0.25) is 0 Å². The first kappa shape index (κ1) is 30.8. The first-order valence-electron chi connectivity index (χ1n) is 9.98. The molecule has 0 N–H and O–H groups in total. The lowest BCUT2D eigenvalue weighted by Crippen LogP contribution is -2.36. The molecule has 0 spiro atoms. The maximum atomic E-state index is 12.1. The zero-order valence-electron chi connectivity index (χ0n) is 19.7. The van der Waals surface area contributed by atoms with Crippen LogP contribution < -0.4 is 0 Å². The van der Waals surface area contributed by atoms with Crippen molar-refractivity contribution >= 4 is 12.4 Å². The molecule has 0 aliphatic heterocycles. The van der Waals surface area contributed by atoms with Gasteiger partial charge in [0.2, 0.25) is 0 Å². The van der Waals surface area contributed by atoms with Crippen LogP contribution in [0.5, 0.6) is 0 Å². The van der Waals surface area contributed by atoms with Crippen LogP contribution in [-0.2, 0) is 20.8 Å². The molecule has 0 aliphatic rings. The normalized spacial score (nSPS) is 9.54. The summed E-state index contributed by atoms with van der Waals surface area (Å²) in [5.74, 6) is 0.204. The molecule has 28 heavy (non-hydrogen) atoms. The lowest BCUT2D eigenvalue weighted by Gasteiger charge is -2.27. The summed E-state index contributed by atoms with van der Waals surface area (Å²) in [4.78, 5) is 23.3. The molecular formula is C23H43NO4. The van der Waals surface area contributed by atoms with E-state index in [4.69, 9.17) is 4.74 Å². The highest BCUT2D eigenvalue weighted by atomic mass is 16.6. The number of carbonyl (C=O) groups is 2. The summed E-state index contributed by atoms with van der Waals surface area (Å²) >= 11 is 0. The van der Waals surface area contributed by atoms with Crippen LogP contribution in [-0.4, -0.2) is 43.6 Å². The topological polar surface area (TPSA) is 55.8 Å². The van der Waals surface area contributed by atoms with Crippen molar-refractivity contribution in [2.45, 2.75) is 74.0 Å². The highest BCUT2D eigenvalue weighted by Gasteiger charge is 2.21.